The van der Waals surface area contributed by atoms with Gasteiger partial charge in [-0.25, -0.2) is 0 Å². The minimum Gasteiger partial charge on any atom is -0.481 e. The number of aryl methyl sites for hydroxylation is 2. The van der Waals surface area contributed by atoms with E-state index in [9.17, 15) is 9.59 Å². The molecule has 3 aromatic carbocycles. The summed E-state index contributed by atoms with van der Waals surface area (Å²) in [5.74, 6) is 0.0924. The number of hydrogen-bond donors (Lipinski definition) is 2. The number of carbonyl (C=O) groups is 2. The van der Waals surface area contributed by atoms with Crippen molar-refractivity contribution in [2.24, 2.45) is 0 Å². The summed E-state index contributed by atoms with van der Waals surface area (Å²) in [4.78, 5) is 25.0. The van der Waals surface area contributed by atoms with Crippen molar-refractivity contribution in [3.05, 3.63) is 89.0 Å². The zero-order valence-electron chi connectivity index (χ0n) is 18.4. The van der Waals surface area contributed by atoms with E-state index in [4.69, 9.17) is 4.74 Å². The summed E-state index contributed by atoms with van der Waals surface area (Å²) in [6.45, 7) is 7.76. The highest BCUT2D eigenvalue weighted by Crippen LogP contribution is 2.20. The molecule has 5 heteroatoms. The largest absolute Gasteiger partial charge is 0.481 e. The second-order valence-electron chi connectivity index (χ2n) is 7.53. The van der Waals surface area contributed by atoms with Crippen LogP contribution in [-0.4, -0.2) is 17.9 Å². The van der Waals surface area contributed by atoms with Gasteiger partial charge in [0.2, 0.25) is 0 Å². The number of hydrogen-bond acceptors (Lipinski definition) is 3. The van der Waals surface area contributed by atoms with Crippen molar-refractivity contribution >= 4 is 23.2 Å². The van der Waals surface area contributed by atoms with E-state index in [2.05, 4.69) is 17.6 Å². The third-order valence-electron chi connectivity index (χ3n) is 5.28. The van der Waals surface area contributed by atoms with Gasteiger partial charge in [-0.05, 0) is 86.3 Å². The molecule has 0 aromatic heterocycles. The first-order chi connectivity index (χ1) is 14.9. The normalized spacial score (nSPS) is 11.5. The third-order valence-corrected chi connectivity index (χ3v) is 5.28. The minimum atomic E-state index is -0.680. The van der Waals surface area contributed by atoms with Crippen LogP contribution in [0.5, 0.6) is 5.75 Å². The average Bonchev–Trinajstić information content (AvgIpc) is 2.77. The first kappa shape index (κ1) is 22.1. The lowest BCUT2D eigenvalue weighted by atomic mass is 10.1. The van der Waals surface area contributed by atoms with Crippen LogP contribution in [0.25, 0.3) is 0 Å². The third kappa shape index (κ3) is 5.72. The summed E-state index contributed by atoms with van der Waals surface area (Å²) < 4.78 is 5.74. The fourth-order valence-corrected chi connectivity index (χ4v) is 3.09. The van der Waals surface area contributed by atoms with Crippen molar-refractivity contribution in [2.75, 3.05) is 10.6 Å². The Morgan fingerprint density at radius 1 is 0.903 bits per heavy atom. The number of ether oxygens (including phenoxy) is 1. The highest BCUT2D eigenvalue weighted by molar-refractivity contribution is 6.04. The van der Waals surface area contributed by atoms with Crippen molar-refractivity contribution in [2.45, 2.75) is 40.2 Å². The van der Waals surface area contributed by atoms with E-state index in [1.807, 2.05) is 56.3 Å². The first-order valence-corrected chi connectivity index (χ1v) is 10.4. The molecule has 0 bridgehead atoms. The first-order valence-electron chi connectivity index (χ1n) is 10.4. The lowest BCUT2D eigenvalue weighted by Crippen LogP contribution is -2.30. The average molecular weight is 417 g/mol. The molecule has 0 saturated heterocycles. The number of benzene rings is 3. The number of rotatable bonds is 7. The van der Waals surface area contributed by atoms with Gasteiger partial charge in [-0.3, -0.25) is 9.59 Å². The van der Waals surface area contributed by atoms with Gasteiger partial charge in [0, 0.05) is 16.9 Å². The Morgan fingerprint density at radius 2 is 1.58 bits per heavy atom. The molecule has 0 aliphatic rings. The molecule has 2 N–H and O–H groups in total. The van der Waals surface area contributed by atoms with Crippen molar-refractivity contribution < 1.29 is 14.3 Å². The van der Waals surface area contributed by atoms with Gasteiger partial charge in [0.05, 0.1) is 0 Å². The number of anilines is 2. The van der Waals surface area contributed by atoms with E-state index in [1.54, 1.807) is 31.2 Å². The Hall–Kier alpha value is -3.60. The molecule has 2 amide bonds. The van der Waals surface area contributed by atoms with Crippen LogP contribution in [0.4, 0.5) is 11.4 Å². The zero-order valence-corrected chi connectivity index (χ0v) is 18.4. The molecular formula is C26H28N2O3. The van der Waals surface area contributed by atoms with E-state index < -0.39 is 6.10 Å². The quantitative estimate of drug-likeness (QED) is 0.533. The molecule has 0 fully saturated rings. The maximum Gasteiger partial charge on any atom is 0.265 e. The minimum absolute atomic E-state index is 0.193. The van der Waals surface area contributed by atoms with Crippen LogP contribution in [-0.2, 0) is 11.2 Å². The Bertz CT molecular complexity index is 1060. The maximum absolute atomic E-state index is 12.6. The van der Waals surface area contributed by atoms with Gasteiger partial charge in [0.1, 0.15) is 5.75 Å². The molecule has 0 saturated carbocycles. The molecule has 31 heavy (non-hydrogen) atoms. The Morgan fingerprint density at radius 3 is 2.23 bits per heavy atom. The highest BCUT2D eigenvalue weighted by atomic mass is 16.5. The van der Waals surface area contributed by atoms with Crippen molar-refractivity contribution in [1.29, 1.82) is 0 Å². The van der Waals surface area contributed by atoms with Crippen molar-refractivity contribution in [3.63, 3.8) is 0 Å². The van der Waals surface area contributed by atoms with Crippen LogP contribution in [0.15, 0.2) is 66.7 Å². The molecule has 0 aliphatic carbocycles. The predicted molar refractivity (Wildman–Crippen MR) is 125 cm³/mol. The molecule has 0 spiro atoms. The van der Waals surface area contributed by atoms with E-state index in [-0.39, 0.29) is 11.8 Å². The van der Waals surface area contributed by atoms with Gasteiger partial charge in [-0.15, -0.1) is 0 Å². The van der Waals surface area contributed by atoms with Gasteiger partial charge >= 0.3 is 0 Å². The molecule has 0 unspecified atom stereocenters. The van der Waals surface area contributed by atoms with E-state index in [0.29, 0.717) is 11.3 Å². The molecule has 0 radical (unpaired) electrons. The molecule has 160 valence electrons. The zero-order chi connectivity index (χ0) is 22.4. The summed E-state index contributed by atoms with van der Waals surface area (Å²) in [6, 6.07) is 20.3. The van der Waals surface area contributed by atoms with Gasteiger partial charge in [0.15, 0.2) is 6.10 Å². The summed E-state index contributed by atoms with van der Waals surface area (Å²) in [5.41, 5.74) is 5.42. The van der Waals surface area contributed by atoms with Crippen molar-refractivity contribution in [1.82, 2.24) is 0 Å². The Balaban J connectivity index is 1.58. The van der Waals surface area contributed by atoms with E-state index in [0.717, 1.165) is 28.9 Å². The van der Waals surface area contributed by atoms with Crippen LogP contribution < -0.4 is 15.4 Å². The summed E-state index contributed by atoms with van der Waals surface area (Å²) in [7, 11) is 0. The highest BCUT2D eigenvalue weighted by Gasteiger charge is 2.15. The van der Waals surface area contributed by atoms with Crippen LogP contribution in [0.1, 0.15) is 40.9 Å². The van der Waals surface area contributed by atoms with Gasteiger partial charge in [0.25, 0.3) is 11.8 Å². The molecular weight excluding hydrogens is 388 g/mol. The van der Waals surface area contributed by atoms with E-state index in [1.165, 1.54) is 5.56 Å². The predicted octanol–water partition coefficient (Wildman–Crippen LogP) is 5.52. The van der Waals surface area contributed by atoms with Crippen LogP contribution >= 0.6 is 0 Å². The van der Waals surface area contributed by atoms with Crippen LogP contribution in [0.3, 0.4) is 0 Å². The van der Waals surface area contributed by atoms with Crippen molar-refractivity contribution in [3.8, 4) is 5.75 Å². The fraction of sp³-hybridized carbons (Fsp3) is 0.231. The second kappa shape index (κ2) is 9.94. The van der Waals surface area contributed by atoms with Crippen LogP contribution in [0.2, 0.25) is 0 Å². The summed E-state index contributed by atoms with van der Waals surface area (Å²) in [6.07, 6.45) is 0.271. The molecule has 5 nitrogen and oxygen atoms in total. The van der Waals surface area contributed by atoms with Gasteiger partial charge in [-0.1, -0.05) is 31.2 Å². The monoisotopic (exact) mass is 416 g/mol. The molecule has 3 aromatic rings. The lowest BCUT2D eigenvalue weighted by Gasteiger charge is -2.15. The number of nitrogens with one attached hydrogen (secondary N) is 2. The number of carbonyl (C=O) groups excluding carboxylic acids is 2. The Labute approximate surface area is 183 Å². The molecule has 1 atom stereocenters. The summed E-state index contributed by atoms with van der Waals surface area (Å²) in [5, 5.41) is 5.79. The lowest BCUT2D eigenvalue weighted by molar-refractivity contribution is -0.122. The Kier molecular flexibility index (Phi) is 7.08. The molecule has 0 heterocycles. The second-order valence-corrected chi connectivity index (χ2v) is 7.53. The fourth-order valence-electron chi connectivity index (χ4n) is 3.09. The maximum atomic E-state index is 12.6. The SMILES string of the molecule is CCc1ccc(NC(=O)[C@@H](C)Oc2ccc(C(=O)Nc3cccc(C)c3C)cc2)cc1. The van der Waals surface area contributed by atoms with Gasteiger partial charge in [-0.2, -0.15) is 0 Å². The van der Waals surface area contributed by atoms with E-state index >= 15 is 0 Å². The molecule has 0 aliphatic heterocycles. The van der Waals surface area contributed by atoms with Gasteiger partial charge < -0.3 is 15.4 Å². The summed E-state index contributed by atoms with van der Waals surface area (Å²) >= 11 is 0. The standard InChI is InChI=1S/C26H28N2O3/c1-5-20-9-13-22(14-10-20)27-25(29)19(4)31-23-15-11-21(12-16-23)26(30)28-24-8-6-7-17(2)18(24)3/h6-16,19H,5H2,1-4H3,(H,27,29)(H,28,30)/t19-/m1/s1. The van der Waals surface area contributed by atoms with Crippen LogP contribution in [0, 0.1) is 13.8 Å². The molecule has 3 rings (SSSR count). The topological polar surface area (TPSA) is 67.4 Å². The smallest absolute Gasteiger partial charge is 0.265 e. The number of amides is 2.